The molecule has 0 aliphatic heterocycles. The van der Waals surface area contributed by atoms with Crippen LogP contribution in [0, 0.1) is 11.8 Å². The number of benzene rings is 2. The summed E-state index contributed by atoms with van der Waals surface area (Å²) in [6.07, 6.45) is 2.99. The van der Waals surface area contributed by atoms with Gasteiger partial charge in [0.1, 0.15) is 12.4 Å². The molecule has 0 bridgehead atoms. The Labute approximate surface area is 193 Å². The Morgan fingerprint density at radius 1 is 1.12 bits per heavy atom. The number of aromatic nitrogens is 1. The number of nitrogens with zero attached hydrogens (tertiary/aromatic N) is 1. The van der Waals surface area contributed by atoms with Crippen LogP contribution in [0.2, 0.25) is 0 Å². The zero-order chi connectivity index (χ0) is 23.6. The second-order valence-electron chi connectivity index (χ2n) is 8.04. The van der Waals surface area contributed by atoms with Gasteiger partial charge in [0, 0.05) is 18.3 Å². The van der Waals surface area contributed by atoms with E-state index in [-0.39, 0.29) is 25.0 Å². The van der Waals surface area contributed by atoms with Gasteiger partial charge in [0.25, 0.3) is 0 Å². The summed E-state index contributed by atoms with van der Waals surface area (Å²) in [5, 5.41) is 5.63. The molecule has 0 spiro atoms. The molecule has 0 saturated carbocycles. The molecule has 174 valence electrons. The molecule has 3 aromatic rings. The fourth-order valence-electron chi connectivity index (χ4n) is 3.40. The van der Waals surface area contributed by atoms with Crippen LogP contribution in [0.3, 0.4) is 0 Å². The number of hydrogen-bond donors (Lipinski definition) is 2. The lowest BCUT2D eigenvalue weighted by Gasteiger charge is -2.19. The van der Waals surface area contributed by atoms with Crippen LogP contribution in [0.4, 0.5) is 10.5 Å². The summed E-state index contributed by atoms with van der Waals surface area (Å²) in [6.45, 7) is 4.41. The Morgan fingerprint density at radius 3 is 2.58 bits per heavy atom. The topological polar surface area (TPSA) is 103 Å². The van der Waals surface area contributed by atoms with Crippen LogP contribution in [0.1, 0.15) is 25.8 Å². The van der Waals surface area contributed by atoms with Crippen molar-refractivity contribution in [3.63, 3.8) is 0 Å². The highest BCUT2D eigenvalue weighted by Gasteiger charge is 2.22. The highest BCUT2D eigenvalue weighted by atomic mass is 16.5. The summed E-state index contributed by atoms with van der Waals surface area (Å²) < 4.78 is 16.0. The molecule has 1 heterocycles. The number of amides is 2. The van der Waals surface area contributed by atoms with Crippen molar-refractivity contribution in [2.45, 2.75) is 26.9 Å². The number of alkyl carbamates (subject to hydrolysis) is 1. The van der Waals surface area contributed by atoms with E-state index in [9.17, 15) is 9.59 Å². The molecule has 0 fully saturated rings. The standard InChI is InChI=1S/C25H29N3O5/c1-17(2)11-19(13-27-25(30)32-15-18-7-5-4-6-8-18)24(29)28-20-9-10-21(22(12-20)31-3)23-14-26-16-33-23/h4-10,12,14,16-17,19H,11,13,15H2,1-3H3,(H,27,30)(H,28,29). The zero-order valence-corrected chi connectivity index (χ0v) is 19.0. The SMILES string of the molecule is COc1cc(NC(=O)C(CNC(=O)OCc2ccccc2)CC(C)C)ccc1-c1cnco1. The maximum absolute atomic E-state index is 13.0. The molecule has 0 aliphatic rings. The van der Waals surface area contributed by atoms with E-state index in [0.29, 0.717) is 23.6 Å². The number of rotatable bonds is 10. The normalized spacial score (nSPS) is 11.6. The van der Waals surface area contributed by atoms with E-state index in [0.717, 1.165) is 11.1 Å². The van der Waals surface area contributed by atoms with E-state index in [1.807, 2.05) is 44.2 Å². The predicted molar refractivity (Wildman–Crippen MR) is 125 cm³/mol. The molecule has 1 atom stereocenters. The molecule has 8 nitrogen and oxygen atoms in total. The van der Waals surface area contributed by atoms with Gasteiger partial charge in [-0.1, -0.05) is 44.2 Å². The summed E-state index contributed by atoms with van der Waals surface area (Å²) >= 11 is 0. The third kappa shape index (κ3) is 7.10. The average Bonchev–Trinajstić information content (AvgIpc) is 3.35. The van der Waals surface area contributed by atoms with Gasteiger partial charge in [-0.2, -0.15) is 0 Å². The molecule has 3 rings (SSSR count). The van der Waals surface area contributed by atoms with Crippen molar-refractivity contribution in [3.8, 4) is 17.1 Å². The second-order valence-corrected chi connectivity index (χ2v) is 8.04. The number of oxazole rings is 1. The minimum atomic E-state index is -0.557. The molecule has 0 radical (unpaired) electrons. The van der Waals surface area contributed by atoms with Gasteiger partial charge in [0.15, 0.2) is 12.2 Å². The number of anilines is 1. The van der Waals surface area contributed by atoms with Crippen molar-refractivity contribution < 1.29 is 23.5 Å². The molecule has 1 unspecified atom stereocenters. The Hall–Kier alpha value is -3.81. The van der Waals surface area contributed by atoms with Crippen molar-refractivity contribution in [2.75, 3.05) is 19.0 Å². The van der Waals surface area contributed by atoms with Gasteiger partial charge in [0.05, 0.1) is 24.8 Å². The molecule has 0 saturated heterocycles. The van der Waals surface area contributed by atoms with Crippen LogP contribution in [-0.4, -0.2) is 30.6 Å². The summed E-state index contributed by atoms with van der Waals surface area (Å²) in [7, 11) is 1.55. The maximum atomic E-state index is 13.0. The molecule has 33 heavy (non-hydrogen) atoms. The average molecular weight is 452 g/mol. The number of nitrogens with one attached hydrogen (secondary N) is 2. The molecule has 0 aliphatic carbocycles. The van der Waals surface area contributed by atoms with E-state index in [2.05, 4.69) is 15.6 Å². The third-order valence-electron chi connectivity index (χ3n) is 5.00. The van der Waals surface area contributed by atoms with Crippen molar-refractivity contribution in [3.05, 3.63) is 66.7 Å². The van der Waals surface area contributed by atoms with E-state index in [4.69, 9.17) is 13.9 Å². The van der Waals surface area contributed by atoms with Crippen molar-refractivity contribution in [1.29, 1.82) is 0 Å². The molecule has 8 heteroatoms. The number of ether oxygens (including phenoxy) is 2. The lowest BCUT2D eigenvalue weighted by atomic mass is 9.96. The highest BCUT2D eigenvalue weighted by Crippen LogP contribution is 2.32. The maximum Gasteiger partial charge on any atom is 0.407 e. The lowest BCUT2D eigenvalue weighted by Crippen LogP contribution is -2.36. The summed E-state index contributed by atoms with van der Waals surface area (Å²) in [6, 6.07) is 14.7. The Kier molecular flexibility index (Phi) is 8.46. The van der Waals surface area contributed by atoms with Gasteiger partial charge in [-0.25, -0.2) is 9.78 Å². The van der Waals surface area contributed by atoms with Gasteiger partial charge >= 0.3 is 6.09 Å². The first-order valence-corrected chi connectivity index (χ1v) is 10.8. The largest absolute Gasteiger partial charge is 0.496 e. The van der Waals surface area contributed by atoms with Crippen LogP contribution in [0.5, 0.6) is 5.75 Å². The van der Waals surface area contributed by atoms with Crippen molar-refractivity contribution in [2.24, 2.45) is 11.8 Å². The quantitative estimate of drug-likeness (QED) is 0.456. The highest BCUT2D eigenvalue weighted by molar-refractivity contribution is 5.93. The summed E-state index contributed by atoms with van der Waals surface area (Å²) in [5.74, 6) is 0.773. The predicted octanol–water partition coefficient (Wildman–Crippen LogP) is 4.88. The molecule has 1 aromatic heterocycles. The Balaban J connectivity index is 1.60. The number of hydrogen-bond acceptors (Lipinski definition) is 6. The second kappa shape index (κ2) is 11.7. The minimum absolute atomic E-state index is 0.172. The lowest BCUT2D eigenvalue weighted by molar-refractivity contribution is -0.120. The minimum Gasteiger partial charge on any atom is -0.496 e. The Morgan fingerprint density at radius 2 is 1.91 bits per heavy atom. The van der Waals surface area contributed by atoms with Crippen molar-refractivity contribution >= 4 is 17.7 Å². The van der Waals surface area contributed by atoms with Gasteiger partial charge in [-0.3, -0.25) is 4.79 Å². The van der Waals surface area contributed by atoms with Crippen molar-refractivity contribution in [1.82, 2.24) is 10.3 Å². The number of carbonyl (C=O) groups is 2. The number of carbonyl (C=O) groups excluding carboxylic acids is 2. The van der Waals surface area contributed by atoms with E-state index < -0.39 is 12.0 Å². The summed E-state index contributed by atoms with van der Waals surface area (Å²) in [4.78, 5) is 29.0. The smallest absolute Gasteiger partial charge is 0.407 e. The van der Waals surface area contributed by atoms with Crippen LogP contribution in [0.25, 0.3) is 11.3 Å². The van der Waals surface area contributed by atoms with Crippen LogP contribution < -0.4 is 15.4 Å². The first-order chi connectivity index (χ1) is 16.0. The third-order valence-corrected chi connectivity index (χ3v) is 5.00. The molecular weight excluding hydrogens is 422 g/mol. The monoisotopic (exact) mass is 451 g/mol. The fourth-order valence-corrected chi connectivity index (χ4v) is 3.40. The van der Waals surface area contributed by atoms with Gasteiger partial charge in [0.2, 0.25) is 5.91 Å². The Bertz CT molecular complexity index is 1040. The molecular formula is C25H29N3O5. The van der Waals surface area contributed by atoms with E-state index in [1.165, 1.54) is 6.39 Å². The van der Waals surface area contributed by atoms with Crippen LogP contribution in [0.15, 0.2) is 65.5 Å². The molecule has 2 N–H and O–H groups in total. The van der Waals surface area contributed by atoms with Gasteiger partial charge in [-0.05, 0) is 30.0 Å². The van der Waals surface area contributed by atoms with Crippen LogP contribution in [-0.2, 0) is 16.1 Å². The van der Waals surface area contributed by atoms with Crippen LogP contribution >= 0.6 is 0 Å². The number of methoxy groups -OCH3 is 1. The first-order valence-electron chi connectivity index (χ1n) is 10.8. The van der Waals surface area contributed by atoms with Gasteiger partial charge < -0.3 is 24.5 Å². The fraction of sp³-hybridized carbons (Fsp3) is 0.320. The molecule has 2 aromatic carbocycles. The zero-order valence-electron chi connectivity index (χ0n) is 19.0. The first kappa shape index (κ1) is 23.8. The summed E-state index contributed by atoms with van der Waals surface area (Å²) in [5.41, 5.74) is 2.21. The van der Waals surface area contributed by atoms with E-state index >= 15 is 0 Å². The van der Waals surface area contributed by atoms with Gasteiger partial charge in [-0.15, -0.1) is 0 Å². The van der Waals surface area contributed by atoms with E-state index in [1.54, 1.807) is 31.5 Å². The molecule has 2 amide bonds.